The number of likely N-dealkylation sites (tertiary alicyclic amines) is 1. The Morgan fingerprint density at radius 3 is 2.73 bits per heavy atom. The number of carbonyl (C=O) groups is 1. The highest BCUT2D eigenvalue weighted by Gasteiger charge is 2.68. The average molecular weight is 362 g/mol. The Bertz CT molecular complexity index is 569. The van der Waals surface area contributed by atoms with E-state index in [1.165, 1.54) is 24.2 Å². The first-order valence-corrected chi connectivity index (χ1v) is 9.30. The van der Waals surface area contributed by atoms with Crippen LogP contribution in [-0.4, -0.2) is 33.2 Å². The average Bonchev–Trinajstić information content (AvgIpc) is 2.80. The quantitative estimate of drug-likeness (QED) is 0.827. The lowest BCUT2D eigenvalue weighted by Crippen LogP contribution is -2.32. The Morgan fingerprint density at radius 2 is 2.14 bits per heavy atom. The summed E-state index contributed by atoms with van der Waals surface area (Å²) in [6, 6.07) is 0. The molecule has 1 N–H and O–H groups in total. The minimum absolute atomic E-state index is 0.148. The second-order valence-electron chi connectivity index (χ2n) is 6.77. The molecule has 1 aromatic heterocycles. The molecule has 2 fully saturated rings. The molecule has 1 atom stereocenters. The molecule has 0 radical (unpaired) electrons. The number of hydrogen-bond acceptors (Lipinski definition) is 4. The molecule has 1 amide bonds. The molecule has 4 nitrogen and oxygen atoms in total. The highest BCUT2D eigenvalue weighted by atomic mass is 35.5. The van der Waals surface area contributed by atoms with Crippen molar-refractivity contribution in [2.24, 2.45) is 11.3 Å². The number of amides is 1. The van der Waals surface area contributed by atoms with Crippen molar-refractivity contribution in [3.8, 4) is 0 Å². The maximum atomic E-state index is 12.2. The number of hydrogen-bond donors (Lipinski definition) is 1. The molecular weight excluding hydrogens is 341 g/mol. The Hall–Kier alpha value is -0.360. The fourth-order valence-electron chi connectivity index (χ4n) is 2.77. The van der Waals surface area contributed by atoms with Crippen molar-refractivity contribution in [1.82, 2.24) is 9.88 Å². The number of piperidine rings is 1. The molecule has 1 unspecified atom stereocenters. The van der Waals surface area contributed by atoms with Gasteiger partial charge >= 0.3 is 0 Å². The molecule has 1 aromatic rings. The number of nitrogens with zero attached hydrogens (tertiary/aromatic N) is 2. The van der Waals surface area contributed by atoms with E-state index in [9.17, 15) is 4.79 Å². The van der Waals surface area contributed by atoms with Gasteiger partial charge in [-0.15, -0.1) is 34.5 Å². The van der Waals surface area contributed by atoms with Gasteiger partial charge in [0.05, 0.1) is 11.1 Å². The summed E-state index contributed by atoms with van der Waals surface area (Å²) < 4.78 is -0.943. The SMILES string of the molecule is CC1CCN(Cc2csc(NC(=O)C3(C)CC3(Cl)Cl)n2)CC1. The van der Waals surface area contributed by atoms with Crippen molar-refractivity contribution in [2.75, 3.05) is 18.4 Å². The summed E-state index contributed by atoms with van der Waals surface area (Å²) in [5, 5.41) is 5.48. The van der Waals surface area contributed by atoms with E-state index in [0.717, 1.165) is 31.2 Å². The highest BCUT2D eigenvalue weighted by Crippen LogP contribution is 2.64. The predicted molar refractivity (Wildman–Crippen MR) is 91.6 cm³/mol. The fraction of sp³-hybridized carbons (Fsp3) is 0.733. The summed E-state index contributed by atoms with van der Waals surface area (Å²) in [5.74, 6) is 0.678. The van der Waals surface area contributed by atoms with Gasteiger partial charge in [-0.3, -0.25) is 9.69 Å². The van der Waals surface area contributed by atoms with Crippen LogP contribution in [0.25, 0.3) is 0 Å². The molecule has 0 spiro atoms. The van der Waals surface area contributed by atoms with Crippen LogP contribution in [0.1, 0.15) is 38.8 Å². The van der Waals surface area contributed by atoms with E-state index in [1.54, 1.807) is 6.92 Å². The maximum Gasteiger partial charge on any atom is 0.235 e. The molecule has 2 aliphatic rings. The van der Waals surface area contributed by atoms with Crippen LogP contribution in [-0.2, 0) is 11.3 Å². The fourth-order valence-corrected chi connectivity index (χ4v) is 4.17. The molecule has 2 heterocycles. The number of thiazole rings is 1. The van der Waals surface area contributed by atoms with Gasteiger partial charge in [0.1, 0.15) is 4.33 Å². The van der Waals surface area contributed by atoms with Crippen LogP contribution in [0, 0.1) is 11.3 Å². The number of nitrogens with one attached hydrogen (secondary N) is 1. The third-order valence-electron chi connectivity index (χ3n) is 4.79. The third-order valence-corrected chi connectivity index (χ3v) is 6.70. The summed E-state index contributed by atoms with van der Waals surface area (Å²) in [6.45, 7) is 7.19. The smallest absolute Gasteiger partial charge is 0.235 e. The van der Waals surface area contributed by atoms with Gasteiger partial charge in [-0.05, 0) is 45.2 Å². The lowest BCUT2D eigenvalue weighted by atomic mass is 9.99. The van der Waals surface area contributed by atoms with Gasteiger partial charge in [0.15, 0.2) is 5.13 Å². The molecule has 1 aliphatic heterocycles. The summed E-state index contributed by atoms with van der Waals surface area (Å²) in [7, 11) is 0. The van der Waals surface area contributed by atoms with Crippen LogP contribution in [0.3, 0.4) is 0 Å². The van der Waals surface area contributed by atoms with Crippen LogP contribution in [0.15, 0.2) is 5.38 Å². The minimum atomic E-state index is -0.943. The number of aromatic nitrogens is 1. The summed E-state index contributed by atoms with van der Waals surface area (Å²) >= 11 is 13.5. The van der Waals surface area contributed by atoms with Crippen molar-refractivity contribution in [1.29, 1.82) is 0 Å². The Kier molecular flexibility index (Phi) is 4.45. The zero-order valence-electron chi connectivity index (χ0n) is 12.9. The molecular formula is C15H21Cl2N3OS. The van der Waals surface area contributed by atoms with E-state index in [-0.39, 0.29) is 5.91 Å². The third kappa shape index (κ3) is 3.28. The molecule has 1 saturated carbocycles. The largest absolute Gasteiger partial charge is 0.301 e. The molecule has 1 aliphatic carbocycles. The van der Waals surface area contributed by atoms with Gasteiger partial charge < -0.3 is 5.32 Å². The summed E-state index contributed by atoms with van der Waals surface area (Å²) in [6.07, 6.45) is 2.98. The van der Waals surface area contributed by atoms with Gasteiger partial charge in [0.25, 0.3) is 0 Å². The van der Waals surface area contributed by atoms with Crippen LogP contribution >= 0.6 is 34.5 Å². The monoisotopic (exact) mass is 361 g/mol. The van der Waals surface area contributed by atoms with Crippen molar-refractivity contribution in [2.45, 2.75) is 44.0 Å². The number of halogens is 2. The van der Waals surface area contributed by atoms with E-state index in [1.807, 2.05) is 5.38 Å². The molecule has 1 saturated heterocycles. The number of rotatable bonds is 4. The molecule has 22 heavy (non-hydrogen) atoms. The lowest BCUT2D eigenvalue weighted by Gasteiger charge is -2.29. The highest BCUT2D eigenvalue weighted by molar-refractivity contribution is 7.13. The summed E-state index contributed by atoms with van der Waals surface area (Å²) in [5.41, 5.74) is 0.309. The van der Waals surface area contributed by atoms with E-state index in [4.69, 9.17) is 23.2 Å². The lowest BCUT2D eigenvalue weighted by molar-refractivity contribution is -0.120. The molecule has 0 aromatic carbocycles. The predicted octanol–water partition coefficient (Wildman–Crippen LogP) is 3.90. The van der Waals surface area contributed by atoms with Gasteiger partial charge in [-0.2, -0.15) is 0 Å². The second-order valence-corrected chi connectivity index (χ2v) is 9.11. The molecule has 122 valence electrons. The summed E-state index contributed by atoms with van der Waals surface area (Å²) in [4.78, 5) is 19.2. The normalized spacial score (nSPS) is 28.5. The van der Waals surface area contributed by atoms with Gasteiger partial charge in [-0.1, -0.05) is 6.92 Å². The van der Waals surface area contributed by atoms with E-state index < -0.39 is 9.75 Å². The zero-order valence-corrected chi connectivity index (χ0v) is 15.2. The van der Waals surface area contributed by atoms with Crippen molar-refractivity contribution in [3.63, 3.8) is 0 Å². The van der Waals surface area contributed by atoms with Crippen molar-refractivity contribution >= 4 is 45.6 Å². The first kappa shape index (κ1) is 16.5. The standard InChI is InChI=1S/C15H21Cl2N3OS/c1-10-3-5-20(6-4-10)7-11-8-22-13(18-11)19-12(21)14(2)9-15(14,16)17/h8,10H,3-7,9H2,1-2H3,(H,18,19,21). The van der Waals surface area contributed by atoms with Crippen LogP contribution in [0.2, 0.25) is 0 Å². The minimum Gasteiger partial charge on any atom is -0.301 e. The van der Waals surface area contributed by atoms with E-state index in [0.29, 0.717) is 11.6 Å². The number of alkyl halides is 2. The van der Waals surface area contributed by atoms with E-state index >= 15 is 0 Å². The van der Waals surface area contributed by atoms with Gasteiger partial charge in [-0.25, -0.2) is 4.98 Å². The maximum absolute atomic E-state index is 12.2. The van der Waals surface area contributed by atoms with Crippen LogP contribution in [0.5, 0.6) is 0 Å². The molecule has 3 rings (SSSR count). The second kappa shape index (κ2) is 5.93. The van der Waals surface area contributed by atoms with E-state index in [2.05, 4.69) is 22.1 Å². The van der Waals surface area contributed by atoms with Crippen molar-refractivity contribution in [3.05, 3.63) is 11.1 Å². The van der Waals surface area contributed by atoms with Gasteiger partial charge in [0.2, 0.25) is 5.91 Å². The number of anilines is 1. The Morgan fingerprint density at radius 1 is 1.50 bits per heavy atom. The zero-order chi connectivity index (χ0) is 16.0. The van der Waals surface area contributed by atoms with Crippen molar-refractivity contribution < 1.29 is 4.79 Å². The van der Waals surface area contributed by atoms with Crippen LogP contribution in [0.4, 0.5) is 5.13 Å². The Labute approximate surface area is 145 Å². The van der Waals surface area contributed by atoms with Gasteiger partial charge in [0, 0.05) is 11.9 Å². The first-order valence-electron chi connectivity index (χ1n) is 7.66. The first-order chi connectivity index (χ1) is 10.3. The molecule has 7 heteroatoms. The topological polar surface area (TPSA) is 45.2 Å². The van der Waals surface area contributed by atoms with Crippen LogP contribution < -0.4 is 5.32 Å². The molecule has 0 bridgehead atoms. The number of carbonyl (C=O) groups excluding carboxylic acids is 1. The Balaban J connectivity index is 1.54.